The number of benzene rings is 2. The average molecular weight is 617 g/mol. The molecular weight excluding hydrogens is 581 g/mol. The van der Waals surface area contributed by atoms with Crippen molar-refractivity contribution in [1.82, 2.24) is 19.5 Å². The van der Waals surface area contributed by atoms with Gasteiger partial charge >= 0.3 is 0 Å². The van der Waals surface area contributed by atoms with Gasteiger partial charge in [-0.05, 0) is 61.0 Å². The quantitative estimate of drug-likeness (QED) is 0.310. The Morgan fingerprint density at radius 2 is 1.59 bits per heavy atom. The van der Waals surface area contributed by atoms with Crippen LogP contribution in [0.1, 0.15) is 36.8 Å². The van der Waals surface area contributed by atoms with Crippen molar-refractivity contribution >= 4 is 48.0 Å². The summed E-state index contributed by atoms with van der Waals surface area (Å²) in [6.07, 6.45) is 7.73. The van der Waals surface area contributed by atoms with Crippen LogP contribution in [-0.4, -0.2) is 64.5 Å². The summed E-state index contributed by atoms with van der Waals surface area (Å²) in [6.45, 7) is 2.76. The lowest BCUT2D eigenvalue weighted by Crippen LogP contribution is -2.52. The summed E-state index contributed by atoms with van der Waals surface area (Å²) in [5, 5.41) is 13.0. The van der Waals surface area contributed by atoms with E-state index >= 15 is 0 Å². The van der Waals surface area contributed by atoms with Gasteiger partial charge in [-0.1, -0.05) is 40.9 Å². The van der Waals surface area contributed by atoms with Crippen molar-refractivity contribution in [3.05, 3.63) is 71.1 Å². The van der Waals surface area contributed by atoms with E-state index in [0.717, 1.165) is 67.9 Å². The number of hydrogen-bond donors (Lipinski definition) is 0. The summed E-state index contributed by atoms with van der Waals surface area (Å²) in [5.74, 6) is 1.54. The average Bonchev–Trinajstić information content (AvgIpc) is 3.53. The Morgan fingerprint density at radius 1 is 0.902 bits per heavy atom. The molecule has 1 saturated heterocycles. The molecule has 2 atom stereocenters. The van der Waals surface area contributed by atoms with E-state index in [2.05, 4.69) is 50.9 Å². The number of fused-ring (bicyclic) bond motifs is 1. The van der Waals surface area contributed by atoms with Gasteiger partial charge in [0.25, 0.3) is 0 Å². The van der Waals surface area contributed by atoms with Crippen molar-refractivity contribution in [3.8, 4) is 22.8 Å². The van der Waals surface area contributed by atoms with E-state index in [1.807, 2.05) is 28.6 Å². The van der Waals surface area contributed by atoms with Crippen molar-refractivity contribution in [3.63, 3.8) is 0 Å². The number of amides is 1. The molecule has 3 aliphatic rings. The number of allylic oxidation sites excluding steroid dienone is 2. The zero-order valence-electron chi connectivity index (χ0n) is 23.1. The van der Waals surface area contributed by atoms with E-state index in [4.69, 9.17) is 14.6 Å². The fraction of sp³-hybridized carbons (Fsp3) is 0.400. The van der Waals surface area contributed by atoms with Gasteiger partial charge in [-0.3, -0.25) is 9.69 Å². The minimum atomic E-state index is -0.0694. The Hall–Kier alpha value is -2.98. The fourth-order valence-corrected chi connectivity index (χ4v) is 6.44. The Labute approximate surface area is 257 Å². The molecule has 0 spiro atoms. The zero-order chi connectivity index (χ0) is 26.8. The number of halogens is 2. The van der Waals surface area contributed by atoms with Crippen molar-refractivity contribution in [1.29, 1.82) is 0 Å². The number of nitrogens with zero attached hydrogens (tertiary/aromatic N) is 5. The molecule has 0 unspecified atom stereocenters. The van der Waals surface area contributed by atoms with E-state index < -0.39 is 0 Å². The summed E-state index contributed by atoms with van der Waals surface area (Å²) < 4.78 is 15.0. The topological polar surface area (TPSA) is 80.2 Å². The second kappa shape index (κ2) is 13.8. The first kappa shape index (κ1) is 31.0. The van der Waals surface area contributed by atoms with Crippen LogP contribution >= 0.6 is 36.3 Å². The van der Waals surface area contributed by atoms with Crippen molar-refractivity contribution < 1.29 is 14.3 Å². The molecular formula is C30H35Cl2N5O3S. The molecule has 0 saturated carbocycles. The van der Waals surface area contributed by atoms with Crippen LogP contribution in [0.25, 0.3) is 11.3 Å². The van der Waals surface area contributed by atoms with E-state index in [1.54, 1.807) is 14.2 Å². The number of piperidine rings is 1. The maximum Gasteiger partial charge on any atom is 0.247 e. The van der Waals surface area contributed by atoms with E-state index in [9.17, 15) is 4.79 Å². The van der Waals surface area contributed by atoms with Gasteiger partial charge in [0.2, 0.25) is 5.91 Å². The molecule has 3 aromatic rings. The van der Waals surface area contributed by atoms with Crippen LogP contribution in [0.5, 0.6) is 11.5 Å². The summed E-state index contributed by atoms with van der Waals surface area (Å²) in [6, 6.07) is 14.6. The third-order valence-electron chi connectivity index (χ3n) is 8.14. The second-order valence-electron chi connectivity index (χ2n) is 10.4. The standard InChI is InChI=1S/C30H33N5O3S.2ClH/c1-37-27-12-11-22(17-28(27)38-2)29-24-5-3-4-6-25(24)30(36)35(32-29)23-13-15-34(16-14-23)18-20-7-9-21(10-8-20)26-19-39-33-31-26;;/h3-4,7-12,17,19,23-25H,5-6,13-16,18H2,1-2H3;2*1H/t24-,25+;;/m0../s1. The van der Waals surface area contributed by atoms with Gasteiger partial charge in [0.1, 0.15) is 5.69 Å². The minimum Gasteiger partial charge on any atom is -0.493 e. The van der Waals surface area contributed by atoms with Crippen molar-refractivity contribution in [2.24, 2.45) is 16.9 Å². The molecule has 1 amide bonds. The van der Waals surface area contributed by atoms with Gasteiger partial charge in [-0.15, -0.1) is 29.9 Å². The molecule has 41 heavy (non-hydrogen) atoms. The molecule has 8 nitrogen and oxygen atoms in total. The first-order chi connectivity index (χ1) is 19.1. The van der Waals surface area contributed by atoms with Crippen LogP contribution in [0.2, 0.25) is 0 Å². The highest BCUT2D eigenvalue weighted by atomic mass is 35.5. The Morgan fingerprint density at radius 3 is 2.24 bits per heavy atom. The monoisotopic (exact) mass is 615 g/mol. The van der Waals surface area contributed by atoms with Gasteiger partial charge in [-0.25, -0.2) is 5.01 Å². The number of carbonyl (C=O) groups excluding carboxylic acids is 1. The molecule has 1 fully saturated rings. The molecule has 6 rings (SSSR count). The van der Waals surface area contributed by atoms with Gasteiger partial charge in [0, 0.05) is 42.1 Å². The number of likely N-dealkylation sites (tertiary alicyclic amines) is 1. The van der Waals surface area contributed by atoms with Crippen LogP contribution < -0.4 is 9.47 Å². The van der Waals surface area contributed by atoms with Gasteiger partial charge < -0.3 is 9.47 Å². The van der Waals surface area contributed by atoms with Crippen LogP contribution in [0.3, 0.4) is 0 Å². The lowest BCUT2D eigenvalue weighted by Gasteiger charge is -2.42. The van der Waals surface area contributed by atoms with Crippen molar-refractivity contribution in [2.75, 3.05) is 27.3 Å². The second-order valence-corrected chi connectivity index (χ2v) is 11.0. The highest BCUT2D eigenvalue weighted by Crippen LogP contribution is 2.38. The SMILES string of the molecule is COc1ccc(C2=NN(C3CCN(Cc4ccc(-c5csnn5)cc4)CC3)C(=O)[C@@H]3CC=CC[C@H]23)cc1OC.Cl.Cl. The van der Waals surface area contributed by atoms with E-state index in [-0.39, 0.29) is 48.6 Å². The van der Waals surface area contributed by atoms with Crippen molar-refractivity contribution in [2.45, 2.75) is 38.3 Å². The molecule has 0 bridgehead atoms. The van der Waals surface area contributed by atoms with Crippen LogP contribution in [0.15, 0.2) is 65.1 Å². The predicted octanol–water partition coefficient (Wildman–Crippen LogP) is 5.86. The Kier molecular flexibility index (Phi) is 10.4. The normalized spacial score (nSPS) is 20.9. The van der Waals surface area contributed by atoms with Crippen LogP contribution in [0, 0.1) is 11.8 Å². The molecule has 1 aromatic heterocycles. The third kappa shape index (κ3) is 6.43. The highest BCUT2D eigenvalue weighted by molar-refractivity contribution is 7.03. The lowest BCUT2D eigenvalue weighted by molar-refractivity contribution is -0.141. The van der Waals surface area contributed by atoms with Gasteiger partial charge in [0.05, 0.1) is 31.9 Å². The third-order valence-corrected chi connectivity index (χ3v) is 8.64. The molecule has 11 heteroatoms. The molecule has 2 aromatic carbocycles. The molecule has 1 aliphatic carbocycles. The summed E-state index contributed by atoms with van der Waals surface area (Å²) in [7, 11) is 3.28. The summed E-state index contributed by atoms with van der Waals surface area (Å²) >= 11 is 1.37. The molecule has 0 N–H and O–H groups in total. The maximum atomic E-state index is 13.7. The minimum absolute atomic E-state index is 0. The number of methoxy groups -OCH3 is 2. The number of carbonyl (C=O) groups is 1. The fourth-order valence-electron chi connectivity index (χ4n) is 5.98. The summed E-state index contributed by atoms with van der Waals surface area (Å²) in [5.41, 5.74) is 5.25. The Balaban J connectivity index is 0.00000194. The number of aromatic nitrogens is 2. The lowest BCUT2D eigenvalue weighted by atomic mass is 9.76. The smallest absolute Gasteiger partial charge is 0.247 e. The molecule has 2 aliphatic heterocycles. The van der Waals surface area contributed by atoms with E-state index in [0.29, 0.717) is 11.5 Å². The molecule has 218 valence electrons. The van der Waals surface area contributed by atoms with Crippen LogP contribution in [-0.2, 0) is 11.3 Å². The van der Waals surface area contributed by atoms with Gasteiger partial charge in [-0.2, -0.15) is 5.10 Å². The Bertz CT molecular complexity index is 1380. The maximum absolute atomic E-state index is 13.7. The van der Waals surface area contributed by atoms with Gasteiger partial charge in [0.15, 0.2) is 11.5 Å². The number of hydrogen-bond acceptors (Lipinski definition) is 8. The molecule has 3 heterocycles. The summed E-state index contributed by atoms with van der Waals surface area (Å²) in [4.78, 5) is 16.1. The number of rotatable bonds is 7. The highest BCUT2D eigenvalue weighted by Gasteiger charge is 2.42. The van der Waals surface area contributed by atoms with E-state index in [1.165, 1.54) is 17.1 Å². The number of hydrazone groups is 1. The molecule has 0 radical (unpaired) electrons. The predicted molar refractivity (Wildman–Crippen MR) is 166 cm³/mol. The first-order valence-corrected chi connectivity index (χ1v) is 14.4. The van der Waals surface area contributed by atoms with Crippen LogP contribution in [0.4, 0.5) is 0 Å². The first-order valence-electron chi connectivity index (χ1n) is 13.5. The number of ether oxygens (including phenoxy) is 2. The zero-order valence-corrected chi connectivity index (χ0v) is 25.6. The largest absolute Gasteiger partial charge is 0.493 e.